The van der Waals surface area contributed by atoms with Crippen molar-refractivity contribution in [3.05, 3.63) is 35.1 Å². The van der Waals surface area contributed by atoms with Gasteiger partial charge in [-0.1, -0.05) is 6.07 Å². The van der Waals surface area contributed by atoms with Gasteiger partial charge in [-0.3, -0.25) is 0 Å². The lowest BCUT2D eigenvalue weighted by Crippen LogP contribution is -2.45. The molecule has 0 bridgehead atoms. The van der Waals surface area contributed by atoms with Gasteiger partial charge < -0.3 is 15.2 Å². The summed E-state index contributed by atoms with van der Waals surface area (Å²) in [4.78, 5) is 0. The molecule has 0 radical (unpaired) electrons. The maximum absolute atomic E-state index is 14.3. The summed E-state index contributed by atoms with van der Waals surface area (Å²) in [6, 6.07) is 2.04. The molecule has 6 heteroatoms. The molecule has 0 amide bonds. The van der Waals surface area contributed by atoms with Crippen LogP contribution in [0, 0.1) is 23.4 Å². The van der Waals surface area contributed by atoms with E-state index in [1.54, 1.807) is 7.11 Å². The van der Waals surface area contributed by atoms with Crippen LogP contribution in [-0.4, -0.2) is 31.9 Å². The van der Waals surface area contributed by atoms with Gasteiger partial charge in [0.2, 0.25) is 0 Å². The molecular weight excluding hydrogens is 307 g/mol. The van der Waals surface area contributed by atoms with E-state index in [2.05, 4.69) is 5.32 Å². The van der Waals surface area contributed by atoms with Crippen molar-refractivity contribution in [2.24, 2.45) is 5.92 Å². The number of ether oxygens (including phenoxy) is 1. The molecule has 1 unspecified atom stereocenters. The van der Waals surface area contributed by atoms with Crippen LogP contribution in [0.5, 0.6) is 0 Å². The number of rotatable bonds is 7. The number of hydrogen-bond acceptors (Lipinski definition) is 3. The molecule has 1 aromatic carbocycles. The van der Waals surface area contributed by atoms with Gasteiger partial charge in [0.25, 0.3) is 0 Å². The van der Waals surface area contributed by atoms with Gasteiger partial charge >= 0.3 is 0 Å². The molecule has 1 aromatic rings. The van der Waals surface area contributed by atoms with Crippen molar-refractivity contribution in [3.63, 3.8) is 0 Å². The van der Waals surface area contributed by atoms with E-state index in [0.717, 1.165) is 19.0 Å². The van der Waals surface area contributed by atoms with Crippen LogP contribution in [0.25, 0.3) is 0 Å². The lowest BCUT2D eigenvalue weighted by molar-refractivity contribution is -0.0466. The minimum atomic E-state index is -1.53. The Bertz CT molecular complexity index is 521. The zero-order valence-corrected chi connectivity index (χ0v) is 13.4. The standard InChI is InChI=1S/C17H24F3NO2/c1-23-10-3-2-8-17(22,12-5-4-9-21-11-12)13-6-7-14(18)16(20)15(13)19/h6-7,12,21-22H,2-5,8-11H2,1H3/t12?,17-/m0/s1. The molecule has 0 aromatic heterocycles. The van der Waals surface area contributed by atoms with Crippen LogP contribution in [0.3, 0.4) is 0 Å². The van der Waals surface area contributed by atoms with Crippen molar-refractivity contribution in [3.8, 4) is 0 Å². The summed E-state index contributed by atoms with van der Waals surface area (Å²) >= 11 is 0. The minimum absolute atomic E-state index is 0.150. The number of halogens is 3. The highest BCUT2D eigenvalue weighted by atomic mass is 19.2. The normalized spacial score (nSPS) is 21.2. The zero-order valence-electron chi connectivity index (χ0n) is 13.4. The van der Waals surface area contributed by atoms with Gasteiger partial charge in [0, 0.05) is 31.7 Å². The highest BCUT2D eigenvalue weighted by molar-refractivity contribution is 5.27. The lowest BCUT2D eigenvalue weighted by Gasteiger charge is -2.39. The lowest BCUT2D eigenvalue weighted by atomic mass is 9.74. The summed E-state index contributed by atoms with van der Waals surface area (Å²) in [6.45, 7) is 1.91. The van der Waals surface area contributed by atoms with Gasteiger partial charge in [-0.05, 0) is 44.7 Å². The Kier molecular flexibility index (Phi) is 6.44. The van der Waals surface area contributed by atoms with Crippen LogP contribution in [0.15, 0.2) is 12.1 Å². The topological polar surface area (TPSA) is 41.5 Å². The maximum Gasteiger partial charge on any atom is 0.194 e. The van der Waals surface area contributed by atoms with Crippen LogP contribution in [-0.2, 0) is 10.3 Å². The highest BCUT2D eigenvalue weighted by Crippen LogP contribution is 2.40. The van der Waals surface area contributed by atoms with Crippen molar-refractivity contribution in [2.45, 2.75) is 37.7 Å². The second-order valence-corrected chi connectivity index (χ2v) is 6.14. The first-order valence-electron chi connectivity index (χ1n) is 8.06. The molecule has 23 heavy (non-hydrogen) atoms. The second kappa shape index (κ2) is 8.13. The molecule has 2 rings (SSSR count). The van der Waals surface area contributed by atoms with Crippen molar-refractivity contribution in [1.82, 2.24) is 5.32 Å². The first-order chi connectivity index (χ1) is 11.0. The average molecular weight is 331 g/mol. The Hall–Kier alpha value is -1.11. The van der Waals surface area contributed by atoms with Crippen LogP contribution < -0.4 is 5.32 Å². The third-order valence-corrected chi connectivity index (χ3v) is 4.63. The van der Waals surface area contributed by atoms with E-state index in [9.17, 15) is 18.3 Å². The summed E-state index contributed by atoms with van der Waals surface area (Å²) in [6.07, 6.45) is 3.18. The van der Waals surface area contributed by atoms with E-state index in [1.165, 1.54) is 6.07 Å². The van der Waals surface area contributed by atoms with E-state index in [4.69, 9.17) is 4.74 Å². The number of aliphatic hydroxyl groups is 1. The van der Waals surface area contributed by atoms with E-state index < -0.39 is 23.1 Å². The van der Waals surface area contributed by atoms with Gasteiger partial charge in [0.15, 0.2) is 17.5 Å². The summed E-state index contributed by atoms with van der Waals surface area (Å²) in [5.74, 6) is -4.29. The van der Waals surface area contributed by atoms with Crippen molar-refractivity contribution < 1.29 is 23.0 Å². The Labute approximate surface area is 134 Å². The van der Waals surface area contributed by atoms with Gasteiger partial charge in [0.1, 0.15) is 0 Å². The number of unbranched alkanes of at least 4 members (excludes halogenated alkanes) is 1. The Morgan fingerprint density at radius 3 is 2.70 bits per heavy atom. The van der Waals surface area contributed by atoms with E-state index in [0.29, 0.717) is 32.4 Å². The van der Waals surface area contributed by atoms with Gasteiger partial charge in [0.05, 0.1) is 5.60 Å². The molecular formula is C17H24F3NO2. The number of methoxy groups -OCH3 is 1. The van der Waals surface area contributed by atoms with Crippen molar-refractivity contribution in [1.29, 1.82) is 0 Å². The number of nitrogens with one attached hydrogen (secondary N) is 1. The largest absolute Gasteiger partial charge is 0.385 e. The van der Waals surface area contributed by atoms with Crippen molar-refractivity contribution >= 4 is 0 Å². The molecule has 2 atom stereocenters. The van der Waals surface area contributed by atoms with E-state index in [-0.39, 0.29) is 17.9 Å². The van der Waals surface area contributed by atoms with Gasteiger partial charge in [-0.2, -0.15) is 0 Å². The van der Waals surface area contributed by atoms with Crippen LogP contribution >= 0.6 is 0 Å². The molecule has 0 spiro atoms. The Balaban J connectivity index is 2.30. The van der Waals surface area contributed by atoms with Crippen LogP contribution in [0.2, 0.25) is 0 Å². The van der Waals surface area contributed by atoms with Gasteiger partial charge in [-0.25, -0.2) is 13.2 Å². The molecule has 3 nitrogen and oxygen atoms in total. The molecule has 0 aliphatic carbocycles. The Morgan fingerprint density at radius 1 is 1.26 bits per heavy atom. The monoisotopic (exact) mass is 331 g/mol. The molecule has 1 saturated heterocycles. The van der Waals surface area contributed by atoms with Gasteiger partial charge in [-0.15, -0.1) is 0 Å². The maximum atomic E-state index is 14.3. The smallest absolute Gasteiger partial charge is 0.194 e. The molecule has 1 aliphatic heterocycles. The molecule has 0 saturated carbocycles. The van der Waals surface area contributed by atoms with E-state index >= 15 is 0 Å². The van der Waals surface area contributed by atoms with E-state index in [1.807, 2.05) is 0 Å². The predicted molar refractivity (Wildman–Crippen MR) is 81.5 cm³/mol. The predicted octanol–water partition coefficient (Wildman–Crippen LogP) is 3.11. The van der Waals surface area contributed by atoms with Crippen LogP contribution in [0.1, 0.15) is 37.7 Å². The summed E-state index contributed by atoms with van der Waals surface area (Å²) < 4.78 is 46.1. The quantitative estimate of drug-likeness (QED) is 0.596. The average Bonchev–Trinajstić information content (AvgIpc) is 2.57. The molecule has 2 N–H and O–H groups in total. The third-order valence-electron chi connectivity index (χ3n) is 4.63. The second-order valence-electron chi connectivity index (χ2n) is 6.14. The number of hydrogen-bond donors (Lipinski definition) is 2. The third kappa shape index (κ3) is 4.05. The number of piperidine rings is 1. The first kappa shape index (κ1) is 18.2. The fourth-order valence-electron chi connectivity index (χ4n) is 3.32. The molecule has 1 heterocycles. The van der Waals surface area contributed by atoms with Crippen LogP contribution in [0.4, 0.5) is 13.2 Å². The molecule has 1 aliphatic rings. The minimum Gasteiger partial charge on any atom is -0.385 e. The fraction of sp³-hybridized carbons (Fsp3) is 0.647. The molecule has 130 valence electrons. The number of benzene rings is 1. The Morgan fingerprint density at radius 2 is 2.04 bits per heavy atom. The highest BCUT2D eigenvalue weighted by Gasteiger charge is 2.41. The first-order valence-corrected chi connectivity index (χ1v) is 8.06. The van der Waals surface area contributed by atoms with Crippen molar-refractivity contribution in [2.75, 3.05) is 26.8 Å². The SMILES string of the molecule is COCCCC[C@@](O)(c1ccc(F)c(F)c1F)C1CCCNC1. The summed E-state index contributed by atoms with van der Waals surface area (Å²) in [5, 5.41) is 14.4. The summed E-state index contributed by atoms with van der Waals surface area (Å²) in [5.41, 5.74) is -1.66. The summed E-state index contributed by atoms with van der Waals surface area (Å²) in [7, 11) is 1.59. The zero-order chi connectivity index (χ0) is 16.9. The fourth-order valence-corrected chi connectivity index (χ4v) is 3.32. The molecule has 1 fully saturated rings.